The number of carbonyl (C=O) groups is 1. The van der Waals surface area contributed by atoms with Crippen LogP contribution in [0, 0.1) is 27.7 Å². The van der Waals surface area contributed by atoms with Gasteiger partial charge in [0.1, 0.15) is 0 Å². The van der Waals surface area contributed by atoms with Crippen LogP contribution >= 0.6 is 11.6 Å². The molecule has 0 saturated heterocycles. The van der Waals surface area contributed by atoms with Crippen LogP contribution in [0.3, 0.4) is 0 Å². The zero-order valence-corrected chi connectivity index (χ0v) is 18.1. The third kappa shape index (κ3) is 3.91. The molecule has 2 aromatic heterocycles. The van der Waals surface area contributed by atoms with Crippen molar-refractivity contribution in [2.75, 3.05) is 5.32 Å². The van der Waals surface area contributed by atoms with Crippen molar-refractivity contribution in [1.82, 2.24) is 19.6 Å². The normalized spacial score (nSPS) is 11.1. The minimum Gasteiger partial charge on any atom is -0.326 e. The molecule has 0 bridgehead atoms. The Labute approximate surface area is 179 Å². The van der Waals surface area contributed by atoms with Crippen molar-refractivity contribution in [3.63, 3.8) is 0 Å². The Bertz CT molecular complexity index is 1260. The van der Waals surface area contributed by atoms with E-state index in [-0.39, 0.29) is 12.3 Å². The lowest BCUT2D eigenvalue weighted by Gasteiger charge is -2.12. The van der Waals surface area contributed by atoms with E-state index in [9.17, 15) is 4.79 Å². The summed E-state index contributed by atoms with van der Waals surface area (Å²) in [6.07, 6.45) is 0.187. The Hall–Kier alpha value is -3.25. The molecule has 0 spiro atoms. The van der Waals surface area contributed by atoms with Gasteiger partial charge in [0, 0.05) is 33.2 Å². The molecular formula is C23H22ClN5O. The standard InChI is InChI=1S/C23H22ClN5O/c1-13-5-8-17(9-6-13)22-27-23-25-15(3)19(16(4)29(23)28-22)12-21(30)26-20-11-18(24)10-7-14(20)2/h5-11H,12H2,1-4H3,(H,26,30). The smallest absolute Gasteiger partial charge is 0.253 e. The summed E-state index contributed by atoms with van der Waals surface area (Å²) in [5, 5.41) is 8.15. The fourth-order valence-electron chi connectivity index (χ4n) is 3.37. The van der Waals surface area contributed by atoms with Gasteiger partial charge < -0.3 is 5.32 Å². The van der Waals surface area contributed by atoms with Crippen LogP contribution in [0.1, 0.15) is 28.1 Å². The van der Waals surface area contributed by atoms with Crippen LogP contribution in [0.15, 0.2) is 42.5 Å². The van der Waals surface area contributed by atoms with Gasteiger partial charge in [0.25, 0.3) is 5.78 Å². The zero-order chi connectivity index (χ0) is 21.4. The molecule has 4 aromatic rings. The predicted octanol–water partition coefficient (Wildman–Crippen LogP) is 4.86. The van der Waals surface area contributed by atoms with Gasteiger partial charge in [0.2, 0.25) is 5.91 Å². The summed E-state index contributed by atoms with van der Waals surface area (Å²) in [7, 11) is 0. The van der Waals surface area contributed by atoms with Crippen molar-refractivity contribution in [3.05, 3.63) is 75.6 Å². The molecule has 0 atom stereocenters. The van der Waals surface area contributed by atoms with Gasteiger partial charge in [-0.2, -0.15) is 4.98 Å². The number of benzene rings is 2. The van der Waals surface area contributed by atoms with Crippen LogP contribution in [-0.2, 0) is 11.2 Å². The topological polar surface area (TPSA) is 72.2 Å². The Kier molecular flexibility index (Phi) is 5.26. The summed E-state index contributed by atoms with van der Waals surface area (Å²) in [4.78, 5) is 21.9. The molecule has 0 radical (unpaired) electrons. The molecule has 4 rings (SSSR count). The number of amides is 1. The van der Waals surface area contributed by atoms with Crippen LogP contribution in [-0.4, -0.2) is 25.5 Å². The first-order valence-electron chi connectivity index (χ1n) is 9.67. The molecule has 30 heavy (non-hydrogen) atoms. The summed E-state index contributed by atoms with van der Waals surface area (Å²) in [6.45, 7) is 7.79. The fourth-order valence-corrected chi connectivity index (χ4v) is 3.55. The average Bonchev–Trinajstić information content (AvgIpc) is 3.12. The third-order valence-corrected chi connectivity index (χ3v) is 5.40. The summed E-state index contributed by atoms with van der Waals surface area (Å²) >= 11 is 6.06. The van der Waals surface area contributed by atoms with Gasteiger partial charge in [-0.25, -0.2) is 9.50 Å². The number of fused-ring (bicyclic) bond motifs is 1. The number of aromatic nitrogens is 4. The first-order chi connectivity index (χ1) is 14.3. The van der Waals surface area contributed by atoms with E-state index < -0.39 is 0 Å². The van der Waals surface area contributed by atoms with E-state index in [0.717, 1.165) is 28.1 Å². The molecular weight excluding hydrogens is 398 g/mol. The number of aryl methyl sites for hydroxylation is 4. The van der Waals surface area contributed by atoms with E-state index in [1.54, 1.807) is 16.6 Å². The van der Waals surface area contributed by atoms with Gasteiger partial charge in [-0.1, -0.05) is 47.5 Å². The Morgan fingerprint density at radius 3 is 2.50 bits per heavy atom. The van der Waals surface area contributed by atoms with Gasteiger partial charge in [-0.15, -0.1) is 5.10 Å². The molecule has 152 valence electrons. The largest absolute Gasteiger partial charge is 0.326 e. The maximum atomic E-state index is 12.7. The molecule has 6 nitrogen and oxygen atoms in total. The van der Waals surface area contributed by atoms with E-state index in [0.29, 0.717) is 22.3 Å². The molecule has 0 aliphatic rings. The summed E-state index contributed by atoms with van der Waals surface area (Å²) in [6, 6.07) is 13.5. The highest BCUT2D eigenvalue weighted by Gasteiger charge is 2.17. The lowest BCUT2D eigenvalue weighted by atomic mass is 10.1. The Balaban J connectivity index is 1.65. The Morgan fingerprint density at radius 2 is 1.77 bits per heavy atom. The number of nitrogens with zero attached hydrogens (tertiary/aromatic N) is 4. The summed E-state index contributed by atoms with van der Waals surface area (Å²) < 4.78 is 1.70. The molecule has 0 aliphatic heterocycles. The third-order valence-electron chi connectivity index (χ3n) is 5.17. The molecule has 0 unspecified atom stereocenters. The van der Waals surface area contributed by atoms with Crippen molar-refractivity contribution < 1.29 is 4.79 Å². The molecule has 1 N–H and O–H groups in total. The first kappa shape index (κ1) is 20.0. The van der Waals surface area contributed by atoms with Crippen molar-refractivity contribution in [2.24, 2.45) is 0 Å². The predicted molar refractivity (Wildman–Crippen MR) is 119 cm³/mol. The number of anilines is 1. The zero-order valence-electron chi connectivity index (χ0n) is 17.3. The maximum Gasteiger partial charge on any atom is 0.253 e. The van der Waals surface area contributed by atoms with Gasteiger partial charge in [0.05, 0.1) is 6.42 Å². The molecule has 2 aromatic carbocycles. The molecule has 2 heterocycles. The number of carbonyl (C=O) groups excluding carboxylic acids is 1. The lowest BCUT2D eigenvalue weighted by Crippen LogP contribution is -2.18. The second-order valence-corrected chi connectivity index (χ2v) is 7.90. The van der Waals surface area contributed by atoms with E-state index in [1.165, 1.54) is 5.56 Å². The number of halogens is 1. The van der Waals surface area contributed by atoms with Gasteiger partial charge in [-0.3, -0.25) is 4.79 Å². The van der Waals surface area contributed by atoms with E-state index in [2.05, 4.69) is 20.4 Å². The van der Waals surface area contributed by atoms with Crippen molar-refractivity contribution >= 4 is 29.0 Å². The van der Waals surface area contributed by atoms with Gasteiger partial charge in [-0.05, 0) is 45.4 Å². The first-order valence-corrected chi connectivity index (χ1v) is 10.1. The molecule has 7 heteroatoms. The van der Waals surface area contributed by atoms with E-state index >= 15 is 0 Å². The van der Waals surface area contributed by atoms with Crippen LogP contribution < -0.4 is 5.32 Å². The SMILES string of the molecule is Cc1ccc(-c2nc3nc(C)c(CC(=O)Nc4cc(Cl)ccc4C)c(C)n3n2)cc1. The number of nitrogens with one attached hydrogen (secondary N) is 1. The highest BCUT2D eigenvalue weighted by Crippen LogP contribution is 2.22. The van der Waals surface area contributed by atoms with Gasteiger partial charge >= 0.3 is 0 Å². The van der Waals surface area contributed by atoms with E-state index in [4.69, 9.17) is 11.6 Å². The van der Waals surface area contributed by atoms with Crippen LogP contribution in [0.25, 0.3) is 17.2 Å². The van der Waals surface area contributed by atoms with Crippen LogP contribution in [0.2, 0.25) is 5.02 Å². The number of hydrogen-bond donors (Lipinski definition) is 1. The fraction of sp³-hybridized carbons (Fsp3) is 0.217. The molecule has 1 amide bonds. The highest BCUT2D eigenvalue weighted by molar-refractivity contribution is 6.31. The quantitative estimate of drug-likeness (QED) is 0.512. The number of hydrogen-bond acceptors (Lipinski definition) is 4. The summed E-state index contributed by atoms with van der Waals surface area (Å²) in [5.41, 5.74) is 6.21. The van der Waals surface area contributed by atoms with E-state index in [1.807, 2.05) is 58.0 Å². The minimum atomic E-state index is -0.133. The van der Waals surface area contributed by atoms with Crippen LogP contribution in [0.5, 0.6) is 0 Å². The van der Waals surface area contributed by atoms with Crippen molar-refractivity contribution in [1.29, 1.82) is 0 Å². The molecule has 0 aliphatic carbocycles. The maximum absolute atomic E-state index is 12.7. The second kappa shape index (κ2) is 7.88. The Morgan fingerprint density at radius 1 is 1.03 bits per heavy atom. The van der Waals surface area contributed by atoms with Crippen molar-refractivity contribution in [3.8, 4) is 11.4 Å². The molecule has 0 saturated carbocycles. The average molecular weight is 420 g/mol. The lowest BCUT2D eigenvalue weighted by molar-refractivity contribution is -0.115. The highest BCUT2D eigenvalue weighted by atomic mass is 35.5. The molecule has 0 fully saturated rings. The number of rotatable bonds is 4. The van der Waals surface area contributed by atoms with Gasteiger partial charge in [0.15, 0.2) is 5.82 Å². The van der Waals surface area contributed by atoms with Crippen molar-refractivity contribution in [2.45, 2.75) is 34.1 Å². The monoisotopic (exact) mass is 419 g/mol. The summed E-state index contributed by atoms with van der Waals surface area (Å²) in [5.74, 6) is 1.00. The second-order valence-electron chi connectivity index (χ2n) is 7.46. The van der Waals surface area contributed by atoms with Crippen LogP contribution in [0.4, 0.5) is 5.69 Å². The minimum absolute atomic E-state index is 0.133.